The smallest absolute Gasteiger partial charge is 0.325 e. The van der Waals surface area contributed by atoms with Crippen molar-refractivity contribution in [1.29, 1.82) is 0 Å². The average Bonchev–Trinajstić information content (AvgIpc) is 2.38. The lowest BCUT2D eigenvalue weighted by molar-refractivity contribution is -0.251. The fourth-order valence-corrected chi connectivity index (χ4v) is 1.51. The van der Waals surface area contributed by atoms with E-state index in [1.807, 2.05) is 5.32 Å². The third kappa shape index (κ3) is 4.61. The quantitative estimate of drug-likeness (QED) is 0.419. The molecule has 7 nitrogen and oxygen atoms in total. The number of rotatable bonds is 6. The Hall–Kier alpha value is -2.66. The molecular formula is C12H12N3O4-. The van der Waals surface area contributed by atoms with Gasteiger partial charge in [0.15, 0.2) is 0 Å². The molecule has 0 fully saturated rings. The van der Waals surface area contributed by atoms with Crippen LogP contribution in [0.2, 0.25) is 0 Å². The second kappa shape index (κ2) is 6.93. The molecule has 1 rings (SSSR count). The minimum Gasteiger partial charge on any atom is -0.530 e. The number of carbonyl (C=O) groups is 2. The minimum atomic E-state index is -1.57. The van der Waals surface area contributed by atoms with Crippen LogP contribution in [-0.2, 0) is 11.2 Å². The summed E-state index contributed by atoms with van der Waals surface area (Å²) in [5.41, 5.74) is 9.02. The zero-order chi connectivity index (χ0) is 14.3. The van der Waals surface area contributed by atoms with Crippen molar-refractivity contribution in [2.45, 2.75) is 12.5 Å². The second-order valence-electron chi connectivity index (χ2n) is 3.68. The maximum Gasteiger partial charge on any atom is 0.325 e. The Morgan fingerprint density at radius 3 is 2.58 bits per heavy atom. The average molecular weight is 262 g/mol. The van der Waals surface area contributed by atoms with E-state index in [9.17, 15) is 14.7 Å². The maximum atomic E-state index is 11.5. The zero-order valence-corrected chi connectivity index (χ0v) is 10.2. The summed E-state index contributed by atoms with van der Waals surface area (Å²) in [7, 11) is 1.52. The molecule has 1 amide bonds. The van der Waals surface area contributed by atoms with Gasteiger partial charge in [0.2, 0.25) is 0 Å². The summed E-state index contributed by atoms with van der Waals surface area (Å²) in [5.74, 6) is -0.0149. The largest absolute Gasteiger partial charge is 0.530 e. The second-order valence-corrected chi connectivity index (χ2v) is 3.68. The standard InChI is InChI=1S/C12H13N3O4/c1-19-9-4-2-8(3-5-9)6-10(15-12(17)18)11(16)7-14-13/h2-5,7,10,15H,6H2,1H3,(H,17,18)/p-1. The first-order chi connectivity index (χ1) is 9.06. The zero-order valence-electron chi connectivity index (χ0n) is 10.2. The molecule has 0 spiro atoms. The summed E-state index contributed by atoms with van der Waals surface area (Å²) in [5, 5.41) is 12.5. The van der Waals surface area contributed by atoms with Gasteiger partial charge in [0.05, 0.1) is 7.11 Å². The third-order valence-electron chi connectivity index (χ3n) is 2.42. The summed E-state index contributed by atoms with van der Waals surface area (Å²) >= 11 is 0. The molecule has 0 aliphatic carbocycles. The number of carboxylic acid groups (broad SMARTS) is 1. The van der Waals surface area contributed by atoms with Crippen molar-refractivity contribution in [2.24, 2.45) is 0 Å². The van der Waals surface area contributed by atoms with Crippen LogP contribution in [0.25, 0.3) is 5.53 Å². The molecule has 0 bridgehead atoms. The predicted molar refractivity (Wildman–Crippen MR) is 63.7 cm³/mol. The molecule has 0 aromatic heterocycles. The van der Waals surface area contributed by atoms with E-state index in [0.717, 1.165) is 5.56 Å². The van der Waals surface area contributed by atoms with E-state index in [1.165, 1.54) is 7.11 Å². The van der Waals surface area contributed by atoms with Gasteiger partial charge in [0.25, 0.3) is 5.78 Å². The van der Waals surface area contributed by atoms with E-state index in [0.29, 0.717) is 12.0 Å². The number of carbonyl (C=O) groups excluding carboxylic acids is 2. The van der Waals surface area contributed by atoms with Crippen molar-refractivity contribution in [1.82, 2.24) is 5.32 Å². The van der Waals surface area contributed by atoms with Crippen molar-refractivity contribution in [3.05, 3.63) is 35.4 Å². The number of benzene rings is 1. The Morgan fingerprint density at radius 1 is 1.47 bits per heavy atom. The molecule has 100 valence electrons. The van der Waals surface area contributed by atoms with Crippen molar-refractivity contribution in [3.63, 3.8) is 0 Å². The number of methoxy groups -OCH3 is 1. The van der Waals surface area contributed by atoms with Crippen LogP contribution in [0.3, 0.4) is 0 Å². The van der Waals surface area contributed by atoms with Gasteiger partial charge in [-0.3, -0.25) is 4.79 Å². The highest BCUT2D eigenvalue weighted by Gasteiger charge is 2.20. The van der Waals surface area contributed by atoms with Gasteiger partial charge in [-0.25, -0.2) is 0 Å². The van der Waals surface area contributed by atoms with Crippen LogP contribution in [0.4, 0.5) is 4.79 Å². The van der Waals surface area contributed by atoms with Gasteiger partial charge < -0.3 is 25.5 Å². The fourth-order valence-electron chi connectivity index (χ4n) is 1.51. The molecule has 1 atom stereocenters. The monoisotopic (exact) mass is 262 g/mol. The first kappa shape index (κ1) is 14.4. The summed E-state index contributed by atoms with van der Waals surface area (Å²) in [4.78, 5) is 24.6. The topological polar surface area (TPSA) is 115 Å². The number of ether oxygens (including phenoxy) is 1. The number of nitrogens with one attached hydrogen (secondary N) is 1. The van der Waals surface area contributed by atoms with E-state index in [1.54, 1.807) is 24.3 Å². The lowest BCUT2D eigenvalue weighted by Gasteiger charge is -2.16. The van der Waals surface area contributed by atoms with Gasteiger partial charge in [-0.1, -0.05) is 12.1 Å². The molecule has 0 heterocycles. The fraction of sp³-hybridized carbons (Fsp3) is 0.250. The van der Waals surface area contributed by atoms with Gasteiger partial charge in [0.1, 0.15) is 17.9 Å². The molecule has 7 heteroatoms. The Morgan fingerprint density at radius 2 is 2.11 bits per heavy atom. The van der Waals surface area contributed by atoms with Gasteiger partial charge in [-0.15, -0.1) is 0 Å². The highest BCUT2D eigenvalue weighted by molar-refractivity contribution is 6.28. The number of ketones is 1. The molecule has 0 aliphatic rings. The molecule has 0 aliphatic heterocycles. The summed E-state index contributed by atoms with van der Waals surface area (Å²) in [6, 6.07) is 5.72. The van der Waals surface area contributed by atoms with Crippen molar-refractivity contribution < 1.29 is 24.2 Å². The van der Waals surface area contributed by atoms with Crippen LogP contribution in [0.15, 0.2) is 24.3 Å². The summed E-state index contributed by atoms with van der Waals surface area (Å²) in [6.07, 6.45) is -0.814. The molecule has 0 radical (unpaired) electrons. The number of hydrogen-bond donors (Lipinski definition) is 1. The molecular weight excluding hydrogens is 250 g/mol. The Bertz CT molecular complexity index is 506. The van der Waals surface area contributed by atoms with Crippen molar-refractivity contribution in [2.75, 3.05) is 7.11 Å². The molecule has 19 heavy (non-hydrogen) atoms. The minimum absolute atomic E-state index is 0.114. The van der Waals surface area contributed by atoms with Crippen LogP contribution in [0, 0.1) is 0 Å². The molecule has 1 N–H and O–H groups in total. The number of amides is 1. The molecule has 1 aromatic carbocycles. The van der Waals surface area contributed by atoms with Crippen LogP contribution >= 0.6 is 0 Å². The van der Waals surface area contributed by atoms with Crippen LogP contribution < -0.4 is 15.2 Å². The van der Waals surface area contributed by atoms with Crippen molar-refractivity contribution in [3.8, 4) is 5.75 Å². The Labute approximate surface area is 109 Å². The van der Waals surface area contributed by atoms with Gasteiger partial charge in [-0.2, -0.15) is 4.79 Å². The van der Waals surface area contributed by atoms with Gasteiger partial charge in [-0.05, 0) is 17.7 Å². The highest BCUT2D eigenvalue weighted by atomic mass is 16.5. The summed E-state index contributed by atoms with van der Waals surface area (Å²) < 4.78 is 4.98. The predicted octanol–water partition coefficient (Wildman–Crippen LogP) is -0.591. The molecule has 0 saturated carbocycles. The van der Waals surface area contributed by atoms with Crippen LogP contribution in [0.5, 0.6) is 5.75 Å². The first-order valence-electron chi connectivity index (χ1n) is 5.38. The lowest BCUT2D eigenvalue weighted by Crippen LogP contribution is -2.48. The molecule has 1 unspecified atom stereocenters. The Balaban J connectivity index is 2.83. The molecule has 1 aromatic rings. The van der Waals surface area contributed by atoms with Gasteiger partial charge >= 0.3 is 6.21 Å². The maximum absolute atomic E-state index is 11.5. The van der Waals surface area contributed by atoms with E-state index in [2.05, 4.69) is 4.79 Å². The summed E-state index contributed by atoms with van der Waals surface area (Å²) in [6.45, 7) is 0. The Kier molecular flexibility index (Phi) is 5.25. The molecule has 0 saturated heterocycles. The van der Waals surface area contributed by atoms with Gasteiger partial charge in [0, 0.05) is 6.42 Å². The van der Waals surface area contributed by atoms with E-state index in [4.69, 9.17) is 10.3 Å². The normalized spacial score (nSPS) is 11.0. The third-order valence-corrected chi connectivity index (χ3v) is 2.42. The first-order valence-corrected chi connectivity index (χ1v) is 5.38. The van der Waals surface area contributed by atoms with Crippen molar-refractivity contribution >= 4 is 18.1 Å². The number of nitrogens with zero attached hydrogens (tertiary/aromatic N) is 2. The van der Waals surface area contributed by atoms with Crippen LogP contribution in [0.1, 0.15) is 5.56 Å². The SMILES string of the molecule is COc1ccc(CC(NC(=O)[O-])C(=O)C=[N+]=[N-])cc1. The van der Waals surface area contributed by atoms with E-state index >= 15 is 0 Å². The van der Waals surface area contributed by atoms with Crippen LogP contribution in [-0.4, -0.2) is 36.0 Å². The number of Topliss-reactive ketones (excluding diaryl/α,β-unsaturated/α-hetero) is 1. The lowest BCUT2D eigenvalue weighted by atomic mass is 10.0. The highest BCUT2D eigenvalue weighted by Crippen LogP contribution is 2.12. The number of hydrogen-bond acceptors (Lipinski definition) is 4. The van der Waals surface area contributed by atoms with E-state index < -0.39 is 17.9 Å². The van der Waals surface area contributed by atoms with E-state index in [-0.39, 0.29) is 6.42 Å².